The number of nitrogens with one attached hydrogen (secondary N) is 2. The summed E-state index contributed by atoms with van der Waals surface area (Å²) in [6.07, 6.45) is 1.27. The average molecular weight is 350 g/mol. The second kappa shape index (κ2) is 7.92. The largest absolute Gasteiger partial charge is 0.493 e. The van der Waals surface area contributed by atoms with Crippen LogP contribution >= 0.6 is 12.2 Å². The fourth-order valence-electron chi connectivity index (χ4n) is 1.74. The van der Waals surface area contributed by atoms with E-state index < -0.39 is 4.92 Å². The van der Waals surface area contributed by atoms with E-state index in [-0.39, 0.29) is 16.8 Å². The van der Waals surface area contributed by atoms with Crippen molar-refractivity contribution in [2.24, 2.45) is 5.10 Å². The van der Waals surface area contributed by atoms with Crippen LogP contribution in [-0.2, 0) is 0 Å². The summed E-state index contributed by atoms with van der Waals surface area (Å²) in [6, 6.07) is 7.87. The number of hydrogen-bond acceptors (Lipinski definition) is 7. The molecule has 0 unspecified atom stereocenters. The van der Waals surface area contributed by atoms with Gasteiger partial charge in [0.25, 0.3) is 0 Å². The van der Waals surface area contributed by atoms with Crippen molar-refractivity contribution in [1.82, 2.24) is 5.43 Å². The van der Waals surface area contributed by atoms with Crippen molar-refractivity contribution in [2.75, 3.05) is 19.5 Å². The zero-order valence-corrected chi connectivity index (χ0v) is 13.6. The van der Waals surface area contributed by atoms with Gasteiger partial charge in [0, 0.05) is 11.8 Å². The predicted octanol–water partition coefficient (Wildman–Crippen LogP) is 2.53. The number of rotatable bonds is 6. The summed E-state index contributed by atoms with van der Waals surface area (Å²) in [6.45, 7) is 0. The molecule has 0 spiro atoms. The molecular formula is C14H14N4O5S. The molecular weight excluding hydrogens is 336 g/mol. The van der Waals surface area contributed by atoms with E-state index in [0.29, 0.717) is 17.2 Å². The summed E-state index contributed by atoms with van der Waals surface area (Å²) in [5.74, 6) is 1.02. The molecule has 9 nitrogen and oxygen atoms in total. The van der Waals surface area contributed by atoms with E-state index in [4.69, 9.17) is 26.1 Å². The summed E-state index contributed by atoms with van der Waals surface area (Å²) in [4.78, 5) is 9.87. The van der Waals surface area contributed by atoms with E-state index in [2.05, 4.69) is 15.8 Å². The van der Waals surface area contributed by atoms with Crippen LogP contribution in [0.4, 0.5) is 11.6 Å². The third-order valence-electron chi connectivity index (χ3n) is 2.79. The van der Waals surface area contributed by atoms with Crippen LogP contribution in [0.1, 0.15) is 5.76 Å². The third-order valence-corrected chi connectivity index (χ3v) is 2.99. The van der Waals surface area contributed by atoms with Gasteiger partial charge in [0.1, 0.15) is 4.92 Å². The van der Waals surface area contributed by atoms with Gasteiger partial charge in [-0.2, -0.15) is 5.10 Å². The second-order valence-electron chi connectivity index (χ2n) is 4.33. The second-order valence-corrected chi connectivity index (χ2v) is 4.74. The molecule has 0 amide bonds. The molecule has 0 fully saturated rings. The molecule has 0 bridgehead atoms. The minimum Gasteiger partial charge on any atom is -0.493 e. The molecule has 0 saturated carbocycles. The maximum Gasteiger partial charge on any atom is 0.433 e. The first-order valence-electron chi connectivity index (χ1n) is 6.60. The number of hydrazone groups is 1. The first-order chi connectivity index (χ1) is 11.5. The van der Waals surface area contributed by atoms with Crippen LogP contribution in [0.15, 0.2) is 39.9 Å². The maximum absolute atomic E-state index is 10.5. The molecule has 2 N–H and O–H groups in total. The van der Waals surface area contributed by atoms with Crippen molar-refractivity contribution in [1.29, 1.82) is 0 Å². The van der Waals surface area contributed by atoms with Gasteiger partial charge in [0.05, 0.1) is 26.5 Å². The molecule has 126 valence electrons. The standard InChI is InChI=1S/C14H14N4O5S/c1-21-11-5-3-9(7-12(11)22-2)16-14(24)17-15-8-10-4-6-13(23-10)18(19)20/h3-8H,1-2H3,(H2,16,17,24)/b15-8-. The summed E-state index contributed by atoms with van der Waals surface area (Å²) in [7, 11) is 3.08. The fraction of sp³-hybridized carbons (Fsp3) is 0.143. The molecule has 0 atom stereocenters. The van der Waals surface area contributed by atoms with Crippen LogP contribution in [0.25, 0.3) is 0 Å². The SMILES string of the molecule is COc1ccc(NC(=S)N/N=C\c2ccc([N+](=O)[O-])o2)cc1OC. The molecule has 10 heteroatoms. The maximum atomic E-state index is 10.5. The van der Waals surface area contributed by atoms with E-state index >= 15 is 0 Å². The summed E-state index contributed by atoms with van der Waals surface area (Å²) in [5, 5.41) is 17.5. The number of hydrogen-bond donors (Lipinski definition) is 2. The molecule has 1 heterocycles. The van der Waals surface area contributed by atoms with E-state index in [1.165, 1.54) is 25.5 Å². The van der Waals surface area contributed by atoms with Crippen molar-refractivity contribution in [2.45, 2.75) is 0 Å². The highest BCUT2D eigenvalue weighted by Gasteiger charge is 2.10. The van der Waals surface area contributed by atoms with E-state index in [0.717, 1.165) is 0 Å². The Morgan fingerprint density at radius 1 is 1.29 bits per heavy atom. The summed E-state index contributed by atoms with van der Waals surface area (Å²) < 4.78 is 15.3. The Bertz CT molecular complexity index is 774. The number of thiocarbonyl (C=S) groups is 1. The zero-order chi connectivity index (χ0) is 17.5. The highest BCUT2D eigenvalue weighted by Crippen LogP contribution is 2.29. The van der Waals surface area contributed by atoms with Gasteiger partial charge in [-0.1, -0.05) is 0 Å². The smallest absolute Gasteiger partial charge is 0.433 e. The molecule has 0 saturated heterocycles. The number of benzene rings is 1. The fourth-order valence-corrected chi connectivity index (χ4v) is 1.91. The van der Waals surface area contributed by atoms with Crippen molar-refractivity contribution < 1.29 is 18.8 Å². The van der Waals surface area contributed by atoms with Crippen LogP contribution in [0.3, 0.4) is 0 Å². The Balaban J connectivity index is 1.93. The molecule has 1 aromatic carbocycles. The monoisotopic (exact) mass is 350 g/mol. The van der Waals surface area contributed by atoms with Crippen LogP contribution in [-0.4, -0.2) is 30.5 Å². The molecule has 2 aromatic rings. The molecule has 0 radical (unpaired) electrons. The molecule has 2 rings (SSSR count). The highest BCUT2D eigenvalue weighted by molar-refractivity contribution is 7.80. The Labute approximate surface area is 142 Å². The van der Waals surface area contributed by atoms with E-state index in [1.807, 2.05) is 0 Å². The van der Waals surface area contributed by atoms with Crippen molar-refractivity contribution in [3.05, 3.63) is 46.2 Å². The van der Waals surface area contributed by atoms with Gasteiger partial charge >= 0.3 is 5.88 Å². The normalized spacial score (nSPS) is 10.4. The zero-order valence-electron chi connectivity index (χ0n) is 12.8. The highest BCUT2D eigenvalue weighted by atomic mass is 32.1. The molecule has 0 aliphatic rings. The summed E-state index contributed by atoms with van der Waals surface area (Å²) in [5.41, 5.74) is 3.25. The number of ether oxygens (including phenoxy) is 2. The number of anilines is 1. The van der Waals surface area contributed by atoms with Crippen LogP contribution in [0.2, 0.25) is 0 Å². The van der Waals surface area contributed by atoms with Gasteiger partial charge in [-0.15, -0.1) is 0 Å². The molecule has 24 heavy (non-hydrogen) atoms. The van der Waals surface area contributed by atoms with Gasteiger partial charge < -0.3 is 19.2 Å². The lowest BCUT2D eigenvalue weighted by Gasteiger charge is -2.11. The lowest BCUT2D eigenvalue weighted by molar-refractivity contribution is -0.402. The Morgan fingerprint density at radius 3 is 2.67 bits per heavy atom. The number of methoxy groups -OCH3 is 2. The van der Waals surface area contributed by atoms with Gasteiger partial charge in [0.2, 0.25) is 0 Å². The molecule has 0 aliphatic carbocycles. The number of furan rings is 1. The molecule has 0 aliphatic heterocycles. The van der Waals surface area contributed by atoms with Gasteiger partial charge in [-0.3, -0.25) is 15.5 Å². The minimum absolute atomic E-state index is 0.222. The Kier molecular flexibility index (Phi) is 5.68. The van der Waals surface area contributed by atoms with Crippen molar-refractivity contribution in [3.8, 4) is 11.5 Å². The first kappa shape index (κ1) is 17.2. The number of nitrogens with zero attached hydrogens (tertiary/aromatic N) is 2. The first-order valence-corrected chi connectivity index (χ1v) is 7.00. The topological polar surface area (TPSA) is 111 Å². The minimum atomic E-state index is -0.631. The lowest BCUT2D eigenvalue weighted by Crippen LogP contribution is -2.23. The Hall–Kier alpha value is -3.14. The van der Waals surface area contributed by atoms with Gasteiger partial charge in [-0.05, 0) is 30.4 Å². The van der Waals surface area contributed by atoms with E-state index in [9.17, 15) is 10.1 Å². The Morgan fingerprint density at radius 2 is 2.04 bits per heavy atom. The summed E-state index contributed by atoms with van der Waals surface area (Å²) >= 11 is 5.09. The quantitative estimate of drug-likeness (QED) is 0.354. The lowest BCUT2D eigenvalue weighted by atomic mass is 10.3. The average Bonchev–Trinajstić information content (AvgIpc) is 3.04. The van der Waals surface area contributed by atoms with Gasteiger partial charge in [-0.25, -0.2) is 0 Å². The van der Waals surface area contributed by atoms with Crippen LogP contribution in [0.5, 0.6) is 11.5 Å². The van der Waals surface area contributed by atoms with Crippen molar-refractivity contribution >= 4 is 35.1 Å². The van der Waals surface area contributed by atoms with Gasteiger partial charge in [0.15, 0.2) is 22.4 Å². The van der Waals surface area contributed by atoms with Crippen molar-refractivity contribution in [3.63, 3.8) is 0 Å². The predicted molar refractivity (Wildman–Crippen MR) is 91.9 cm³/mol. The van der Waals surface area contributed by atoms with Crippen LogP contribution in [0, 0.1) is 10.1 Å². The molecule has 1 aromatic heterocycles. The number of nitro groups is 1. The van der Waals surface area contributed by atoms with E-state index in [1.54, 1.807) is 25.3 Å². The third kappa shape index (κ3) is 4.43. The van der Waals surface area contributed by atoms with Crippen LogP contribution < -0.4 is 20.2 Å².